The molecule has 1 atom stereocenters. The Morgan fingerprint density at radius 2 is 2.15 bits per heavy atom. The van der Waals surface area contributed by atoms with Crippen LogP contribution in [-0.2, 0) is 0 Å². The van der Waals surface area contributed by atoms with Gasteiger partial charge in [0, 0.05) is 12.1 Å². The molecule has 3 heteroatoms. The zero-order valence-electron chi connectivity index (χ0n) is 7.73. The highest BCUT2D eigenvalue weighted by atomic mass is 16.5. The van der Waals surface area contributed by atoms with Crippen molar-refractivity contribution in [3.05, 3.63) is 29.8 Å². The number of nitrogens with two attached hydrogens (primary N) is 1. The average molecular weight is 181 g/mol. The van der Waals surface area contributed by atoms with E-state index in [1.807, 2.05) is 31.2 Å². The summed E-state index contributed by atoms with van der Waals surface area (Å²) >= 11 is 0. The number of aliphatic hydroxyl groups excluding tert-OH is 1. The molecule has 1 rings (SSSR count). The molecule has 0 fully saturated rings. The van der Waals surface area contributed by atoms with E-state index in [9.17, 15) is 5.11 Å². The van der Waals surface area contributed by atoms with Gasteiger partial charge in [0.25, 0.3) is 0 Å². The zero-order chi connectivity index (χ0) is 9.68. The van der Waals surface area contributed by atoms with Gasteiger partial charge in [-0.25, -0.2) is 0 Å². The Hall–Kier alpha value is -1.06. The fraction of sp³-hybridized carbons (Fsp3) is 0.400. The van der Waals surface area contributed by atoms with Crippen molar-refractivity contribution in [3.8, 4) is 5.75 Å². The van der Waals surface area contributed by atoms with Crippen LogP contribution in [0, 0.1) is 0 Å². The molecule has 1 aromatic rings. The number of ether oxygens (including phenoxy) is 1. The molecule has 0 unspecified atom stereocenters. The minimum absolute atomic E-state index is 0.212. The van der Waals surface area contributed by atoms with Crippen LogP contribution in [0.15, 0.2) is 24.3 Å². The summed E-state index contributed by atoms with van der Waals surface area (Å²) in [5, 5.41) is 9.53. The lowest BCUT2D eigenvalue weighted by Gasteiger charge is -2.13. The summed E-state index contributed by atoms with van der Waals surface area (Å²) in [6.07, 6.45) is -0.636. The fourth-order valence-electron chi connectivity index (χ4n) is 1.17. The first-order chi connectivity index (χ1) is 6.29. The fourth-order valence-corrected chi connectivity index (χ4v) is 1.17. The van der Waals surface area contributed by atoms with Gasteiger partial charge >= 0.3 is 0 Å². The molecule has 0 heterocycles. The number of hydrogen-bond donors (Lipinski definition) is 2. The van der Waals surface area contributed by atoms with Crippen molar-refractivity contribution >= 4 is 0 Å². The molecule has 0 aliphatic carbocycles. The van der Waals surface area contributed by atoms with Crippen LogP contribution in [0.1, 0.15) is 18.6 Å². The smallest absolute Gasteiger partial charge is 0.125 e. The van der Waals surface area contributed by atoms with E-state index in [4.69, 9.17) is 10.5 Å². The van der Waals surface area contributed by atoms with Crippen molar-refractivity contribution in [1.82, 2.24) is 0 Å². The van der Waals surface area contributed by atoms with Crippen LogP contribution < -0.4 is 10.5 Å². The number of benzene rings is 1. The third-order valence-electron chi connectivity index (χ3n) is 1.80. The van der Waals surface area contributed by atoms with E-state index in [2.05, 4.69) is 0 Å². The highest BCUT2D eigenvalue weighted by Crippen LogP contribution is 2.23. The Kier molecular flexibility index (Phi) is 3.73. The van der Waals surface area contributed by atoms with Gasteiger partial charge in [-0.1, -0.05) is 18.2 Å². The second kappa shape index (κ2) is 4.84. The van der Waals surface area contributed by atoms with E-state index < -0.39 is 6.10 Å². The summed E-state index contributed by atoms with van der Waals surface area (Å²) in [5.41, 5.74) is 6.12. The monoisotopic (exact) mass is 181 g/mol. The second-order valence-corrected chi connectivity index (χ2v) is 2.72. The van der Waals surface area contributed by atoms with Gasteiger partial charge in [-0.05, 0) is 13.0 Å². The molecule has 3 nitrogen and oxygen atoms in total. The van der Waals surface area contributed by atoms with Gasteiger partial charge in [-0.15, -0.1) is 0 Å². The van der Waals surface area contributed by atoms with Gasteiger partial charge in [-0.2, -0.15) is 0 Å². The second-order valence-electron chi connectivity index (χ2n) is 2.72. The predicted octanol–water partition coefficient (Wildman–Crippen LogP) is 1.08. The normalized spacial score (nSPS) is 12.5. The van der Waals surface area contributed by atoms with Gasteiger partial charge < -0.3 is 15.6 Å². The van der Waals surface area contributed by atoms with E-state index in [1.54, 1.807) is 0 Å². The predicted molar refractivity (Wildman–Crippen MR) is 51.6 cm³/mol. The number of hydrogen-bond acceptors (Lipinski definition) is 3. The summed E-state index contributed by atoms with van der Waals surface area (Å²) in [7, 11) is 0. The molecule has 1 aromatic carbocycles. The van der Waals surface area contributed by atoms with Gasteiger partial charge in [0.1, 0.15) is 5.75 Å². The summed E-state index contributed by atoms with van der Waals surface area (Å²) in [6.45, 7) is 2.71. The van der Waals surface area contributed by atoms with Gasteiger partial charge in [0.2, 0.25) is 0 Å². The van der Waals surface area contributed by atoms with Crippen molar-refractivity contribution in [3.63, 3.8) is 0 Å². The maximum atomic E-state index is 9.53. The van der Waals surface area contributed by atoms with Crippen LogP contribution in [0.4, 0.5) is 0 Å². The lowest BCUT2D eigenvalue weighted by atomic mass is 10.1. The molecule has 3 N–H and O–H groups in total. The molecular formula is C10H15NO2. The van der Waals surface area contributed by atoms with E-state index in [-0.39, 0.29) is 6.54 Å². The molecule has 0 radical (unpaired) electrons. The van der Waals surface area contributed by atoms with E-state index >= 15 is 0 Å². The Balaban J connectivity index is 2.90. The quantitative estimate of drug-likeness (QED) is 0.730. The van der Waals surface area contributed by atoms with Crippen molar-refractivity contribution in [2.75, 3.05) is 13.2 Å². The standard InChI is InChI=1S/C10H15NO2/c1-2-13-10-6-4-3-5-8(10)9(12)7-11/h3-6,9,12H,2,7,11H2,1H3/t9-/m0/s1. The largest absolute Gasteiger partial charge is 0.493 e. The number of para-hydroxylation sites is 1. The minimum atomic E-state index is -0.636. The Bertz CT molecular complexity index is 263. The van der Waals surface area contributed by atoms with E-state index in [0.717, 1.165) is 5.56 Å². The SMILES string of the molecule is CCOc1ccccc1[C@@H](O)CN. The van der Waals surface area contributed by atoms with Crippen LogP contribution >= 0.6 is 0 Å². The van der Waals surface area contributed by atoms with Gasteiger partial charge in [0.05, 0.1) is 12.7 Å². The van der Waals surface area contributed by atoms with Gasteiger partial charge in [0.15, 0.2) is 0 Å². The molecule has 72 valence electrons. The van der Waals surface area contributed by atoms with Crippen LogP contribution in [0.5, 0.6) is 5.75 Å². The Morgan fingerprint density at radius 3 is 2.77 bits per heavy atom. The topological polar surface area (TPSA) is 55.5 Å². The summed E-state index contributed by atoms with van der Waals surface area (Å²) in [5.74, 6) is 0.711. The van der Waals surface area contributed by atoms with Crippen LogP contribution in [0.25, 0.3) is 0 Å². The highest BCUT2D eigenvalue weighted by Gasteiger charge is 2.10. The van der Waals surface area contributed by atoms with Crippen molar-refractivity contribution in [1.29, 1.82) is 0 Å². The van der Waals surface area contributed by atoms with Crippen molar-refractivity contribution in [2.45, 2.75) is 13.0 Å². The van der Waals surface area contributed by atoms with Crippen LogP contribution in [0.3, 0.4) is 0 Å². The first-order valence-corrected chi connectivity index (χ1v) is 4.39. The highest BCUT2D eigenvalue weighted by molar-refractivity contribution is 5.35. The molecule has 0 bridgehead atoms. The van der Waals surface area contributed by atoms with E-state index in [0.29, 0.717) is 12.4 Å². The summed E-state index contributed by atoms with van der Waals surface area (Å²) in [6, 6.07) is 7.38. The number of rotatable bonds is 4. The van der Waals surface area contributed by atoms with Crippen molar-refractivity contribution < 1.29 is 9.84 Å². The number of aliphatic hydroxyl groups is 1. The third kappa shape index (κ3) is 2.44. The molecule has 0 saturated carbocycles. The first-order valence-electron chi connectivity index (χ1n) is 4.39. The van der Waals surface area contributed by atoms with Crippen LogP contribution in [-0.4, -0.2) is 18.3 Å². The molecule has 0 spiro atoms. The Labute approximate surface area is 78.1 Å². The van der Waals surface area contributed by atoms with E-state index in [1.165, 1.54) is 0 Å². The zero-order valence-corrected chi connectivity index (χ0v) is 7.73. The van der Waals surface area contributed by atoms with Gasteiger partial charge in [-0.3, -0.25) is 0 Å². The lowest BCUT2D eigenvalue weighted by Crippen LogP contribution is -2.12. The molecule has 13 heavy (non-hydrogen) atoms. The van der Waals surface area contributed by atoms with Crippen LogP contribution in [0.2, 0.25) is 0 Å². The minimum Gasteiger partial charge on any atom is -0.493 e. The van der Waals surface area contributed by atoms with Crippen molar-refractivity contribution in [2.24, 2.45) is 5.73 Å². The molecule has 0 aromatic heterocycles. The average Bonchev–Trinajstić information content (AvgIpc) is 2.18. The summed E-state index contributed by atoms with van der Waals surface area (Å²) < 4.78 is 5.34. The molecular weight excluding hydrogens is 166 g/mol. The maximum absolute atomic E-state index is 9.53. The Morgan fingerprint density at radius 1 is 1.46 bits per heavy atom. The maximum Gasteiger partial charge on any atom is 0.125 e. The molecule has 0 amide bonds. The third-order valence-corrected chi connectivity index (χ3v) is 1.80. The molecule has 0 aliphatic heterocycles. The first kappa shape index (κ1) is 10.0. The lowest BCUT2D eigenvalue weighted by molar-refractivity contribution is 0.180. The summed E-state index contributed by atoms with van der Waals surface area (Å²) in [4.78, 5) is 0. The molecule has 0 aliphatic rings. The molecule has 0 saturated heterocycles.